The van der Waals surface area contributed by atoms with Gasteiger partial charge in [-0.2, -0.15) is 0 Å². The Morgan fingerprint density at radius 1 is 1.24 bits per heavy atom. The summed E-state index contributed by atoms with van der Waals surface area (Å²) >= 11 is 0. The van der Waals surface area contributed by atoms with Crippen LogP contribution < -0.4 is 0 Å². The van der Waals surface area contributed by atoms with Gasteiger partial charge < -0.3 is 24.0 Å². The van der Waals surface area contributed by atoms with Crippen LogP contribution >= 0.6 is 0 Å². The minimum absolute atomic E-state index is 0.0274. The van der Waals surface area contributed by atoms with E-state index in [2.05, 4.69) is 4.90 Å². The molecule has 3 rings (SSSR count). The number of carbonyl (C=O) groups excluding carboxylic acids is 1. The highest BCUT2D eigenvalue weighted by atomic mass is 16.5. The van der Waals surface area contributed by atoms with Gasteiger partial charge in [0.15, 0.2) is 0 Å². The van der Waals surface area contributed by atoms with E-state index >= 15 is 0 Å². The lowest BCUT2D eigenvalue weighted by atomic mass is 9.72. The highest BCUT2D eigenvalue weighted by molar-refractivity contribution is 5.76. The summed E-state index contributed by atoms with van der Waals surface area (Å²) in [6, 6.07) is 0. The van der Waals surface area contributed by atoms with E-state index in [0.29, 0.717) is 6.61 Å². The van der Waals surface area contributed by atoms with Gasteiger partial charge in [0.2, 0.25) is 5.91 Å². The minimum Gasteiger partial charge on any atom is -0.381 e. The van der Waals surface area contributed by atoms with E-state index in [-0.39, 0.29) is 24.0 Å². The van der Waals surface area contributed by atoms with E-state index in [0.717, 1.165) is 64.6 Å². The van der Waals surface area contributed by atoms with Gasteiger partial charge in [-0.3, -0.25) is 4.79 Å². The number of nitrogens with zero attached hydrogens (tertiary/aromatic N) is 2. The Morgan fingerprint density at radius 2 is 2.04 bits per heavy atom. The van der Waals surface area contributed by atoms with Crippen molar-refractivity contribution in [3.63, 3.8) is 0 Å². The maximum Gasteiger partial charge on any atom is 0.248 e. The Kier molecular flexibility index (Phi) is 6.72. The first-order valence-corrected chi connectivity index (χ1v) is 9.79. The number of carbonyl (C=O) groups is 1. The Balaban J connectivity index is 1.57. The molecule has 3 fully saturated rings. The van der Waals surface area contributed by atoms with Gasteiger partial charge in [0.25, 0.3) is 0 Å². The van der Waals surface area contributed by atoms with Crippen molar-refractivity contribution in [2.24, 2.45) is 11.3 Å². The van der Waals surface area contributed by atoms with Gasteiger partial charge >= 0.3 is 0 Å². The van der Waals surface area contributed by atoms with Crippen LogP contribution in [0.4, 0.5) is 0 Å². The highest BCUT2D eigenvalue weighted by Crippen LogP contribution is 2.40. The fourth-order valence-corrected chi connectivity index (χ4v) is 4.51. The van der Waals surface area contributed by atoms with Crippen molar-refractivity contribution < 1.29 is 19.0 Å². The smallest absolute Gasteiger partial charge is 0.248 e. The predicted molar refractivity (Wildman–Crippen MR) is 95.5 cm³/mol. The standard InChI is InChI=1S/C19H34N2O4/c1-20(2)18(22)13-24-15-19-7-3-9-25-17(19)4-8-21(14-19)12-16-5-10-23-11-6-16/h16-17H,3-15H2,1-2H3/t17-,19+/m0/s1. The second-order valence-electron chi connectivity index (χ2n) is 8.19. The van der Waals surface area contributed by atoms with Crippen LogP contribution in [0.15, 0.2) is 0 Å². The molecule has 0 aromatic rings. The third-order valence-electron chi connectivity index (χ3n) is 6.04. The molecule has 0 aromatic heterocycles. The van der Waals surface area contributed by atoms with Crippen LogP contribution in [-0.2, 0) is 19.0 Å². The molecule has 0 radical (unpaired) electrons. The molecule has 0 saturated carbocycles. The normalized spacial score (nSPS) is 31.5. The van der Waals surface area contributed by atoms with Crippen LogP contribution in [-0.4, -0.2) is 88.6 Å². The number of piperidine rings is 1. The van der Waals surface area contributed by atoms with Crippen molar-refractivity contribution in [3.05, 3.63) is 0 Å². The quantitative estimate of drug-likeness (QED) is 0.721. The number of likely N-dealkylation sites (tertiary alicyclic amines) is 1. The fourth-order valence-electron chi connectivity index (χ4n) is 4.51. The van der Waals surface area contributed by atoms with Crippen LogP contribution in [0.25, 0.3) is 0 Å². The van der Waals surface area contributed by atoms with Crippen LogP contribution in [0.1, 0.15) is 32.1 Å². The first kappa shape index (κ1) is 19.1. The molecule has 3 aliphatic rings. The number of amides is 1. The van der Waals surface area contributed by atoms with E-state index < -0.39 is 0 Å². The lowest BCUT2D eigenvalue weighted by Gasteiger charge is -2.51. The first-order chi connectivity index (χ1) is 12.1. The summed E-state index contributed by atoms with van der Waals surface area (Å²) < 4.78 is 17.5. The molecular weight excluding hydrogens is 320 g/mol. The predicted octanol–water partition coefficient (Wildman–Crippen LogP) is 1.39. The fraction of sp³-hybridized carbons (Fsp3) is 0.947. The SMILES string of the molecule is CN(C)C(=O)COC[C@]12CCCO[C@H]1CCN(CC1CCOCC1)C2. The molecule has 3 saturated heterocycles. The molecular formula is C19H34N2O4. The average Bonchev–Trinajstić information content (AvgIpc) is 2.62. The van der Waals surface area contributed by atoms with Crippen LogP contribution in [0.5, 0.6) is 0 Å². The molecule has 0 bridgehead atoms. The van der Waals surface area contributed by atoms with E-state index in [9.17, 15) is 4.79 Å². The zero-order valence-electron chi connectivity index (χ0n) is 15.9. The van der Waals surface area contributed by atoms with E-state index in [1.807, 2.05) is 0 Å². The molecule has 1 amide bonds. The largest absolute Gasteiger partial charge is 0.381 e. The molecule has 6 heteroatoms. The molecule has 0 aliphatic carbocycles. The van der Waals surface area contributed by atoms with Crippen molar-refractivity contribution in [1.29, 1.82) is 0 Å². The molecule has 2 atom stereocenters. The van der Waals surface area contributed by atoms with Crippen molar-refractivity contribution in [2.45, 2.75) is 38.2 Å². The highest BCUT2D eigenvalue weighted by Gasteiger charge is 2.46. The number of hydrogen-bond donors (Lipinski definition) is 0. The summed E-state index contributed by atoms with van der Waals surface area (Å²) in [5, 5.41) is 0. The van der Waals surface area contributed by atoms with E-state index in [4.69, 9.17) is 14.2 Å². The monoisotopic (exact) mass is 354 g/mol. The minimum atomic E-state index is 0.0274. The van der Waals surface area contributed by atoms with Gasteiger partial charge in [-0.05, 0) is 38.0 Å². The van der Waals surface area contributed by atoms with Crippen LogP contribution in [0.3, 0.4) is 0 Å². The lowest BCUT2D eigenvalue weighted by Crippen LogP contribution is -2.57. The summed E-state index contributed by atoms with van der Waals surface area (Å²) in [6.45, 7) is 6.78. The third-order valence-corrected chi connectivity index (χ3v) is 6.04. The second kappa shape index (κ2) is 8.80. The summed E-state index contributed by atoms with van der Waals surface area (Å²) in [6.07, 6.45) is 5.94. The molecule has 0 N–H and O–H groups in total. The number of hydrogen-bond acceptors (Lipinski definition) is 5. The molecule has 0 spiro atoms. The summed E-state index contributed by atoms with van der Waals surface area (Å²) in [5.74, 6) is 0.780. The maximum absolute atomic E-state index is 11.8. The van der Waals surface area contributed by atoms with Gasteiger partial charge in [-0.1, -0.05) is 0 Å². The molecule has 144 valence electrons. The average molecular weight is 354 g/mol. The Bertz CT molecular complexity index is 439. The van der Waals surface area contributed by atoms with Gasteiger partial charge in [0.1, 0.15) is 6.61 Å². The Labute approximate surface area is 151 Å². The van der Waals surface area contributed by atoms with E-state index in [1.165, 1.54) is 12.8 Å². The topological polar surface area (TPSA) is 51.2 Å². The van der Waals surface area contributed by atoms with Gasteiger partial charge in [-0.25, -0.2) is 0 Å². The number of ether oxygens (including phenoxy) is 3. The van der Waals surface area contributed by atoms with Crippen molar-refractivity contribution in [3.8, 4) is 0 Å². The van der Waals surface area contributed by atoms with E-state index in [1.54, 1.807) is 19.0 Å². The van der Waals surface area contributed by atoms with Gasteiger partial charge in [0.05, 0.1) is 12.7 Å². The molecule has 3 heterocycles. The van der Waals surface area contributed by atoms with Crippen molar-refractivity contribution in [2.75, 3.05) is 66.8 Å². The van der Waals surface area contributed by atoms with Gasteiger partial charge in [0, 0.05) is 59.0 Å². The Morgan fingerprint density at radius 3 is 2.80 bits per heavy atom. The number of likely N-dealkylation sites (N-methyl/N-ethyl adjacent to an activating group) is 1. The zero-order chi connectivity index (χ0) is 17.7. The molecule has 3 aliphatic heterocycles. The lowest BCUT2D eigenvalue weighted by molar-refractivity contribution is -0.160. The van der Waals surface area contributed by atoms with Crippen LogP contribution in [0, 0.1) is 11.3 Å². The third kappa shape index (κ3) is 4.94. The summed E-state index contributed by atoms with van der Waals surface area (Å²) in [4.78, 5) is 16.0. The first-order valence-electron chi connectivity index (χ1n) is 9.79. The summed E-state index contributed by atoms with van der Waals surface area (Å²) in [5.41, 5.74) is 0.0499. The molecule has 25 heavy (non-hydrogen) atoms. The molecule has 0 aromatic carbocycles. The number of fused-ring (bicyclic) bond motifs is 1. The van der Waals surface area contributed by atoms with Crippen molar-refractivity contribution in [1.82, 2.24) is 9.80 Å². The maximum atomic E-state index is 11.8. The molecule has 0 unspecified atom stereocenters. The molecule has 6 nitrogen and oxygen atoms in total. The number of rotatable bonds is 6. The second-order valence-corrected chi connectivity index (χ2v) is 8.19. The van der Waals surface area contributed by atoms with Crippen LogP contribution in [0.2, 0.25) is 0 Å². The van der Waals surface area contributed by atoms with Crippen molar-refractivity contribution >= 4 is 5.91 Å². The zero-order valence-corrected chi connectivity index (χ0v) is 15.9. The van der Waals surface area contributed by atoms with Gasteiger partial charge in [-0.15, -0.1) is 0 Å². The summed E-state index contributed by atoms with van der Waals surface area (Å²) in [7, 11) is 3.54. The Hall–Kier alpha value is -0.690.